The summed E-state index contributed by atoms with van der Waals surface area (Å²) in [6.45, 7) is -1.53. The zero-order valence-corrected chi connectivity index (χ0v) is 12.9. The number of hydroxylamine groups is 2. The van der Waals surface area contributed by atoms with Crippen LogP contribution in [0.15, 0.2) is 42.5 Å². The van der Waals surface area contributed by atoms with Crippen LogP contribution >= 0.6 is 0 Å². The molecule has 3 rings (SSSR count). The number of amides is 2. The smallest absolute Gasteiger partial charge is 0.387 e. The monoisotopic (exact) mass is 347 g/mol. The Kier molecular flexibility index (Phi) is 4.18. The molecule has 0 bridgehead atoms. The van der Waals surface area contributed by atoms with Gasteiger partial charge in [-0.2, -0.15) is 8.78 Å². The molecular formula is C17H11F2NO5. The zero-order valence-electron chi connectivity index (χ0n) is 12.9. The number of carbonyl (C=O) groups excluding carboxylic acids is 3. The largest absolute Gasteiger partial charge is 0.435 e. The summed E-state index contributed by atoms with van der Waals surface area (Å²) in [7, 11) is 0. The first kappa shape index (κ1) is 16.6. The summed E-state index contributed by atoms with van der Waals surface area (Å²) in [4.78, 5) is 41.3. The lowest BCUT2D eigenvalue weighted by Gasteiger charge is -2.14. The van der Waals surface area contributed by atoms with Crippen LogP contribution in [0.25, 0.3) is 0 Å². The van der Waals surface area contributed by atoms with Gasteiger partial charge >= 0.3 is 12.6 Å². The lowest BCUT2D eigenvalue weighted by atomic mass is 10.1. The zero-order chi connectivity index (χ0) is 18.1. The van der Waals surface area contributed by atoms with Crippen molar-refractivity contribution in [3.63, 3.8) is 0 Å². The van der Waals surface area contributed by atoms with Gasteiger partial charge in [0.05, 0.1) is 16.7 Å². The van der Waals surface area contributed by atoms with Gasteiger partial charge in [0.1, 0.15) is 5.75 Å². The summed E-state index contributed by atoms with van der Waals surface area (Å²) < 4.78 is 29.1. The highest BCUT2D eigenvalue weighted by Crippen LogP contribution is 2.25. The van der Waals surface area contributed by atoms with Gasteiger partial charge in [-0.3, -0.25) is 9.59 Å². The van der Waals surface area contributed by atoms with Gasteiger partial charge in [-0.15, -0.1) is 0 Å². The van der Waals surface area contributed by atoms with E-state index in [0.717, 1.165) is 6.07 Å². The SMILES string of the molecule is Cc1ccc(C(=O)ON2C(=O)c3ccccc3C2=O)cc1OC(F)F. The number of carbonyl (C=O) groups is 3. The average Bonchev–Trinajstić information content (AvgIpc) is 2.82. The quantitative estimate of drug-likeness (QED) is 0.795. The molecule has 0 spiro atoms. The van der Waals surface area contributed by atoms with Gasteiger partial charge in [-0.1, -0.05) is 23.3 Å². The molecular weight excluding hydrogens is 336 g/mol. The van der Waals surface area contributed by atoms with Gasteiger partial charge in [-0.25, -0.2) is 4.79 Å². The minimum absolute atomic E-state index is 0.117. The van der Waals surface area contributed by atoms with Crippen LogP contribution < -0.4 is 4.74 Å². The third-order valence-electron chi connectivity index (χ3n) is 3.57. The van der Waals surface area contributed by atoms with E-state index in [0.29, 0.717) is 10.6 Å². The first-order valence-corrected chi connectivity index (χ1v) is 7.14. The highest BCUT2D eigenvalue weighted by Gasteiger charge is 2.38. The number of fused-ring (bicyclic) bond motifs is 1. The van der Waals surface area contributed by atoms with Crippen molar-refractivity contribution in [2.45, 2.75) is 13.5 Å². The number of halogens is 2. The first-order chi connectivity index (χ1) is 11.9. The van der Waals surface area contributed by atoms with Crippen molar-refractivity contribution in [2.24, 2.45) is 0 Å². The summed E-state index contributed by atoms with van der Waals surface area (Å²) in [5.74, 6) is -2.80. The van der Waals surface area contributed by atoms with Crippen molar-refractivity contribution in [2.75, 3.05) is 0 Å². The van der Waals surface area contributed by atoms with Gasteiger partial charge in [0.25, 0.3) is 11.8 Å². The molecule has 25 heavy (non-hydrogen) atoms. The van der Waals surface area contributed by atoms with E-state index in [2.05, 4.69) is 4.74 Å². The Labute approximate surface area is 140 Å². The van der Waals surface area contributed by atoms with E-state index in [4.69, 9.17) is 4.84 Å². The summed E-state index contributed by atoms with van der Waals surface area (Å²) in [6.07, 6.45) is 0. The minimum Gasteiger partial charge on any atom is -0.435 e. The Morgan fingerprint density at radius 1 is 1.04 bits per heavy atom. The molecule has 0 N–H and O–H groups in total. The molecule has 0 aromatic heterocycles. The number of ether oxygens (including phenoxy) is 1. The second-order valence-electron chi connectivity index (χ2n) is 5.19. The normalized spacial score (nSPS) is 13.2. The maximum Gasteiger partial charge on any atom is 0.387 e. The van der Waals surface area contributed by atoms with Crippen LogP contribution in [0.2, 0.25) is 0 Å². The predicted octanol–water partition coefficient (Wildman–Crippen LogP) is 2.96. The maximum absolute atomic E-state index is 12.4. The fraction of sp³-hybridized carbons (Fsp3) is 0.118. The van der Waals surface area contributed by atoms with E-state index in [9.17, 15) is 23.2 Å². The molecule has 1 aliphatic heterocycles. The molecule has 0 saturated heterocycles. The number of aryl methyl sites for hydroxylation is 1. The summed E-state index contributed by atoms with van der Waals surface area (Å²) in [5, 5.41) is 0.348. The van der Waals surface area contributed by atoms with Crippen molar-refractivity contribution >= 4 is 17.8 Å². The fourth-order valence-corrected chi connectivity index (χ4v) is 2.34. The van der Waals surface area contributed by atoms with Gasteiger partial charge in [0.15, 0.2) is 0 Å². The van der Waals surface area contributed by atoms with Gasteiger partial charge in [0.2, 0.25) is 0 Å². The topological polar surface area (TPSA) is 72.9 Å². The molecule has 6 nitrogen and oxygen atoms in total. The molecule has 1 heterocycles. The van der Waals surface area contributed by atoms with Crippen molar-refractivity contribution in [3.8, 4) is 5.75 Å². The Hall–Kier alpha value is -3.29. The first-order valence-electron chi connectivity index (χ1n) is 7.14. The van der Waals surface area contributed by atoms with E-state index in [1.807, 2.05) is 0 Å². The van der Waals surface area contributed by atoms with Crippen LogP contribution in [0.5, 0.6) is 5.75 Å². The Morgan fingerprint density at radius 2 is 1.64 bits per heavy atom. The lowest BCUT2D eigenvalue weighted by Crippen LogP contribution is -2.32. The molecule has 1 aliphatic rings. The molecule has 2 aromatic rings. The van der Waals surface area contributed by atoms with Crippen molar-refractivity contribution in [3.05, 3.63) is 64.7 Å². The van der Waals surface area contributed by atoms with Crippen LogP contribution in [-0.4, -0.2) is 29.5 Å². The van der Waals surface area contributed by atoms with Crippen molar-refractivity contribution in [1.29, 1.82) is 0 Å². The molecule has 0 fully saturated rings. The molecule has 8 heteroatoms. The van der Waals surface area contributed by atoms with Crippen LogP contribution in [0.4, 0.5) is 8.78 Å². The fourth-order valence-electron chi connectivity index (χ4n) is 2.34. The van der Waals surface area contributed by atoms with Crippen LogP contribution in [0.1, 0.15) is 36.6 Å². The molecule has 2 amide bonds. The molecule has 128 valence electrons. The number of hydrogen-bond acceptors (Lipinski definition) is 5. The second kappa shape index (κ2) is 6.31. The standard InChI is InChI=1S/C17H11F2NO5/c1-9-6-7-10(8-13(9)24-17(18)19)16(23)25-20-14(21)11-4-2-3-5-12(11)15(20)22/h2-8,17H,1H3. The number of alkyl halides is 2. The van der Waals surface area contributed by atoms with E-state index < -0.39 is 24.4 Å². The molecule has 0 atom stereocenters. The Morgan fingerprint density at radius 3 is 2.20 bits per heavy atom. The molecule has 0 radical (unpaired) electrons. The van der Waals surface area contributed by atoms with Crippen LogP contribution in [0, 0.1) is 6.92 Å². The Balaban J connectivity index is 1.82. The lowest BCUT2D eigenvalue weighted by molar-refractivity contribution is -0.0588. The van der Waals surface area contributed by atoms with Gasteiger partial charge in [0, 0.05) is 0 Å². The van der Waals surface area contributed by atoms with Crippen molar-refractivity contribution in [1.82, 2.24) is 5.06 Å². The average molecular weight is 347 g/mol. The van der Waals surface area contributed by atoms with Crippen LogP contribution in [0.3, 0.4) is 0 Å². The van der Waals surface area contributed by atoms with Gasteiger partial charge in [-0.05, 0) is 36.8 Å². The third kappa shape index (κ3) is 3.06. The highest BCUT2D eigenvalue weighted by molar-refractivity contribution is 6.21. The highest BCUT2D eigenvalue weighted by atomic mass is 19.3. The van der Waals surface area contributed by atoms with Crippen molar-refractivity contribution < 1.29 is 32.7 Å². The van der Waals surface area contributed by atoms with Crippen LogP contribution in [-0.2, 0) is 4.84 Å². The summed E-state index contributed by atoms with van der Waals surface area (Å²) in [6, 6.07) is 9.77. The number of rotatable bonds is 4. The van der Waals surface area contributed by atoms with E-state index in [1.165, 1.54) is 31.2 Å². The van der Waals surface area contributed by atoms with E-state index in [1.54, 1.807) is 12.1 Å². The second-order valence-corrected chi connectivity index (χ2v) is 5.19. The van der Waals surface area contributed by atoms with Gasteiger partial charge < -0.3 is 9.57 Å². The summed E-state index contributed by atoms with van der Waals surface area (Å²) >= 11 is 0. The maximum atomic E-state index is 12.4. The molecule has 0 unspecified atom stereocenters. The van der Waals surface area contributed by atoms with E-state index in [-0.39, 0.29) is 22.4 Å². The number of nitrogens with zero attached hydrogens (tertiary/aromatic N) is 1. The number of hydrogen-bond donors (Lipinski definition) is 0. The summed E-state index contributed by atoms with van der Waals surface area (Å²) in [5.41, 5.74) is 0.479. The third-order valence-corrected chi connectivity index (χ3v) is 3.57. The molecule has 0 aliphatic carbocycles. The minimum atomic E-state index is -3.05. The number of benzene rings is 2. The van der Waals surface area contributed by atoms with E-state index >= 15 is 0 Å². The molecule has 2 aromatic carbocycles. The Bertz CT molecular complexity index is 846. The predicted molar refractivity (Wildman–Crippen MR) is 80.2 cm³/mol. The molecule has 0 saturated carbocycles. The number of imide groups is 1.